The normalized spacial score (nSPS) is 10.3. The molecule has 0 aliphatic carbocycles. The van der Waals surface area contributed by atoms with Crippen molar-refractivity contribution in [2.24, 2.45) is 0 Å². The van der Waals surface area contributed by atoms with Crippen molar-refractivity contribution in [1.82, 2.24) is 0 Å². The zero-order valence-electron chi connectivity index (χ0n) is 9.91. The molecule has 0 bridgehead atoms. The van der Waals surface area contributed by atoms with E-state index >= 15 is 0 Å². The van der Waals surface area contributed by atoms with Gasteiger partial charge in [0.15, 0.2) is 5.75 Å². The minimum Gasteiger partial charge on any atom is -0.497 e. The van der Waals surface area contributed by atoms with E-state index in [1.807, 2.05) is 0 Å². The molecule has 6 heteroatoms. The molecule has 0 atom stereocenters. The fraction of sp³-hybridized carbons (Fsp3) is 0.0769. The Morgan fingerprint density at radius 2 is 1.74 bits per heavy atom. The maximum atomic E-state index is 5.94. The van der Waals surface area contributed by atoms with Crippen molar-refractivity contribution < 1.29 is 9.47 Å². The highest BCUT2D eigenvalue weighted by molar-refractivity contribution is 9.10. The van der Waals surface area contributed by atoms with Crippen molar-refractivity contribution in [3.05, 3.63) is 44.8 Å². The number of hydrogen-bond acceptors (Lipinski definition) is 3. The number of hydrogen-bond donors (Lipinski definition) is 1. The van der Waals surface area contributed by atoms with E-state index in [0.717, 1.165) is 10.2 Å². The summed E-state index contributed by atoms with van der Waals surface area (Å²) in [7, 11) is 1.60. The van der Waals surface area contributed by atoms with Gasteiger partial charge in [0.25, 0.3) is 0 Å². The number of benzene rings is 2. The lowest BCUT2D eigenvalue weighted by atomic mass is 10.3. The third-order valence-corrected chi connectivity index (χ3v) is 3.75. The second-order valence-corrected chi connectivity index (χ2v) is 5.37. The van der Waals surface area contributed by atoms with Crippen LogP contribution in [0.2, 0.25) is 10.0 Å². The molecule has 0 aliphatic rings. The molecule has 3 nitrogen and oxygen atoms in total. The van der Waals surface area contributed by atoms with Gasteiger partial charge in [0.05, 0.1) is 27.3 Å². The number of halogens is 3. The molecule has 0 spiro atoms. The van der Waals surface area contributed by atoms with E-state index in [2.05, 4.69) is 15.9 Å². The van der Waals surface area contributed by atoms with Gasteiger partial charge in [0, 0.05) is 6.07 Å². The molecule has 0 aliphatic heterocycles. The molecule has 0 amide bonds. The Hall–Kier alpha value is -1.10. The average Bonchev–Trinajstić information content (AvgIpc) is 2.38. The number of nitrogen functional groups attached to an aromatic ring is 1. The van der Waals surface area contributed by atoms with E-state index < -0.39 is 0 Å². The minimum atomic E-state index is 0.385. The molecule has 2 aromatic rings. The second kappa shape index (κ2) is 5.90. The largest absolute Gasteiger partial charge is 0.497 e. The van der Waals surface area contributed by atoms with Gasteiger partial charge in [0.1, 0.15) is 11.5 Å². The maximum Gasteiger partial charge on any atom is 0.151 e. The van der Waals surface area contributed by atoms with Crippen LogP contribution in [-0.2, 0) is 0 Å². The Morgan fingerprint density at radius 1 is 1.05 bits per heavy atom. The smallest absolute Gasteiger partial charge is 0.151 e. The lowest BCUT2D eigenvalue weighted by Crippen LogP contribution is -1.93. The fourth-order valence-electron chi connectivity index (χ4n) is 1.44. The van der Waals surface area contributed by atoms with Gasteiger partial charge in [-0.05, 0) is 40.2 Å². The summed E-state index contributed by atoms with van der Waals surface area (Å²) < 4.78 is 11.6. The van der Waals surface area contributed by atoms with Crippen LogP contribution in [0, 0.1) is 0 Å². The van der Waals surface area contributed by atoms with Gasteiger partial charge in [-0.2, -0.15) is 0 Å². The summed E-state index contributed by atoms with van der Waals surface area (Å²) >= 11 is 15.2. The molecule has 2 aromatic carbocycles. The zero-order valence-corrected chi connectivity index (χ0v) is 13.0. The van der Waals surface area contributed by atoms with Crippen LogP contribution in [0.4, 0.5) is 5.69 Å². The van der Waals surface area contributed by atoms with E-state index in [0.29, 0.717) is 27.2 Å². The first-order chi connectivity index (χ1) is 9.01. The van der Waals surface area contributed by atoms with Crippen LogP contribution in [0.5, 0.6) is 17.2 Å². The van der Waals surface area contributed by atoms with E-state index in [9.17, 15) is 0 Å². The Kier molecular flexibility index (Phi) is 4.45. The summed E-state index contributed by atoms with van der Waals surface area (Å²) in [5, 5.41) is 0.774. The lowest BCUT2D eigenvalue weighted by Gasteiger charge is -2.12. The molecule has 0 unspecified atom stereocenters. The molecule has 2 rings (SSSR count). The molecule has 2 N–H and O–H groups in total. The lowest BCUT2D eigenvalue weighted by molar-refractivity contribution is 0.412. The number of anilines is 1. The Labute approximate surface area is 129 Å². The number of ether oxygens (including phenoxy) is 2. The van der Waals surface area contributed by atoms with Crippen LogP contribution in [0.3, 0.4) is 0 Å². The molecule has 0 saturated heterocycles. The predicted octanol–water partition coefficient (Wildman–Crippen LogP) is 5.14. The van der Waals surface area contributed by atoms with Crippen molar-refractivity contribution in [2.75, 3.05) is 12.8 Å². The van der Waals surface area contributed by atoms with Crippen LogP contribution >= 0.6 is 39.1 Å². The Bertz CT molecular complexity index is 620. The molecule has 0 radical (unpaired) electrons. The van der Waals surface area contributed by atoms with E-state index in [1.54, 1.807) is 37.4 Å². The van der Waals surface area contributed by atoms with Gasteiger partial charge in [-0.3, -0.25) is 0 Å². The van der Waals surface area contributed by atoms with Crippen LogP contribution in [0.1, 0.15) is 0 Å². The minimum absolute atomic E-state index is 0.385. The molecule has 0 heterocycles. The second-order valence-electron chi connectivity index (χ2n) is 3.70. The van der Waals surface area contributed by atoms with Gasteiger partial charge in [0.2, 0.25) is 0 Å². The van der Waals surface area contributed by atoms with Crippen LogP contribution < -0.4 is 15.2 Å². The molecule has 100 valence electrons. The highest BCUT2D eigenvalue weighted by Gasteiger charge is 2.10. The van der Waals surface area contributed by atoms with E-state index in [4.69, 9.17) is 38.4 Å². The van der Waals surface area contributed by atoms with Gasteiger partial charge in [-0.25, -0.2) is 0 Å². The SMILES string of the molecule is COc1ccc(Oc2cc(Cl)c(Cl)cc2N)c(Br)c1. The fourth-order valence-corrected chi connectivity index (χ4v) is 2.21. The van der Waals surface area contributed by atoms with Gasteiger partial charge < -0.3 is 15.2 Å². The third-order valence-electron chi connectivity index (χ3n) is 2.41. The van der Waals surface area contributed by atoms with Crippen molar-refractivity contribution in [2.45, 2.75) is 0 Å². The monoisotopic (exact) mass is 361 g/mol. The van der Waals surface area contributed by atoms with E-state index in [-0.39, 0.29) is 0 Å². The zero-order chi connectivity index (χ0) is 14.0. The first-order valence-electron chi connectivity index (χ1n) is 5.27. The van der Waals surface area contributed by atoms with Gasteiger partial charge >= 0.3 is 0 Å². The van der Waals surface area contributed by atoms with Crippen molar-refractivity contribution in [3.8, 4) is 17.2 Å². The number of methoxy groups -OCH3 is 1. The van der Waals surface area contributed by atoms with E-state index in [1.165, 1.54) is 0 Å². The summed E-state index contributed by atoms with van der Waals surface area (Å²) in [6.07, 6.45) is 0. The summed E-state index contributed by atoms with van der Waals surface area (Å²) in [6.45, 7) is 0. The number of rotatable bonds is 3. The summed E-state index contributed by atoms with van der Waals surface area (Å²) in [5.74, 6) is 1.77. The van der Waals surface area contributed by atoms with Crippen molar-refractivity contribution in [3.63, 3.8) is 0 Å². The third kappa shape index (κ3) is 3.26. The first kappa shape index (κ1) is 14.3. The van der Waals surface area contributed by atoms with Crippen molar-refractivity contribution in [1.29, 1.82) is 0 Å². The Morgan fingerprint density at radius 3 is 2.37 bits per heavy atom. The summed E-state index contributed by atoms with van der Waals surface area (Å²) in [6, 6.07) is 8.48. The highest BCUT2D eigenvalue weighted by Crippen LogP contribution is 2.38. The van der Waals surface area contributed by atoms with Gasteiger partial charge in [-0.1, -0.05) is 23.2 Å². The maximum absolute atomic E-state index is 5.94. The molecular weight excluding hydrogens is 353 g/mol. The quantitative estimate of drug-likeness (QED) is 0.769. The average molecular weight is 363 g/mol. The number of nitrogens with two attached hydrogens (primary N) is 1. The van der Waals surface area contributed by atoms with Crippen LogP contribution in [-0.4, -0.2) is 7.11 Å². The van der Waals surface area contributed by atoms with Gasteiger partial charge in [-0.15, -0.1) is 0 Å². The molecule has 0 saturated carbocycles. The Balaban J connectivity index is 2.33. The molecule has 19 heavy (non-hydrogen) atoms. The van der Waals surface area contributed by atoms with Crippen LogP contribution in [0.25, 0.3) is 0 Å². The molecule has 0 aromatic heterocycles. The highest BCUT2D eigenvalue weighted by atomic mass is 79.9. The summed E-state index contributed by atoms with van der Waals surface area (Å²) in [5.41, 5.74) is 6.25. The van der Waals surface area contributed by atoms with Crippen molar-refractivity contribution >= 4 is 44.8 Å². The molecule has 0 fully saturated rings. The summed E-state index contributed by atoms with van der Waals surface area (Å²) in [4.78, 5) is 0. The van der Waals surface area contributed by atoms with Crippen LogP contribution in [0.15, 0.2) is 34.8 Å². The predicted molar refractivity (Wildman–Crippen MR) is 81.6 cm³/mol. The topological polar surface area (TPSA) is 44.5 Å². The standard InChI is InChI=1S/C13H10BrCl2NO2/c1-18-7-2-3-12(8(14)4-7)19-13-6-10(16)9(15)5-11(13)17/h2-6H,17H2,1H3. The first-order valence-corrected chi connectivity index (χ1v) is 6.82. The molecular formula is C13H10BrCl2NO2.